The second kappa shape index (κ2) is 9.52. The van der Waals surface area contributed by atoms with Gasteiger partial charge < -0.3 is 9.80 Å². The van der Waals surface area contributed by atoms with E-state index in [9.17, 15) is 4.79 Å². The van der Waals surface area contributed by atoms with Gasteiger partial charge in [0.2, 0.25) is 0 Å². The van der Waals surface area contributed by atoms with Crippen LogP contribution in [0.1, 0.15) is 41.5 Å². The number of nitrogens with zero attached hydrogens (tertiary/aromatic N) is 5. The van der Waals surface area contributed by atoms with E-state index < -0.39 is 0 Å². The summed E-state index contributed by atoms with van der Waals surface area (Å²) in [6.45, 7) is 16.0. The molecule has 0 N–H and O–H groups in total. The summed E-state index contributed by atoms with van der Waals surface area (Å²) in [5, 5.41) is 4.77. The number of aryl methyl sites for hydroxylation is 1. The van der Waals surface area contributed by atoms with Crippen molar-refractivity contribution in [1.82, 2.24) is 24.5 Å². The second-order valence-electron chi connectivity index (χ2n) is 7.97. The van der Waals surface area contributed by atoms with Crippen LogP contribution in [0, 0.1) is 0 Å². The number of carbonyl (C=O) groups is 1. The molecule has 1 aromatic heterocycles. The molecule has 1 aliphatic heterocycles. The van der Waals surface area contributed by atoms with Crippen LogP contribution in [0.5, 0.6) is 0 Å². The zero-order chi connectivity index (χ0) is 20.1. The van der Waals surface area contributed by atoms with Crippen LogP contribution in [0.3, 0.4) is 0 Å². The van der Waals surface area contributed by atoms with Crippen LogP contribution in [0.25, 0.3) is 0 Å². The lowest BCUT2D eigenvalue weighted by molar-refractivity contribution is 0.0754. The molecule has 1 atom stereocenters. The maximum Gasteiger partial charge on any atom is 0.274 e. The molecule has 1 amide bonds. The van der Waals surface area contributed by atoms with Crippen LogP contribution >= 0.6 is 0 Å². The molecule has 0 bridgehead atoms. The van der Waals surface area contributed by atoms with E-state index in [1.165, 1.54) is 11.3 Å². The highest BCUT2D eigenvalue weighted by Gasteiger charge is 2.32. The van der Waals surface area contributed by atoms with E-state index in [1.54, 1.807) is 0 Å². The maximum absolute atomic E-state index is 13.4. The fraction of sp³-hybridized carbons (Fsp3) is 0.636. The van der Waals surface area contributed by atoms with Crippen LogP contribution in [0.15, 0.2) is 25.3 Å². The fourth-order valence-corrected chi connectivity index (χ4v) is 4.52. The number of fused-ring (bicyclic) bond motifs is 1. The largest absolute Gasteiger partial charge is 0.336 e. The van der Waals surface area contributed by atoms with Crippen molar-refractivity contribution in [3.63, 3.8) is 0 Å². The predicted octanol–water partition coefficient (Wildman–Crippen LogP) is 2.21. The summed E-state index contributed by atoms with van der Waals surface area (Å²) in [6, 6.07) is 0.403. The molecule has 0 spiro atoms. The Balaban J connectivity index is 1.86. The van der Waals surface area contributed by atoms with Gasteiger partial charge in [-0.25, -0.2) is 0 Å². The Labute approximate surface area is 169 Å². The van der Waals surface area contributed by atoms with Gasteiger partial charge in [0.25, 0.3) is 5.91 Å². The molecule has 2 aliphatic rings. The average Bonchev–Trinajstić information content (AvgIpc) is 2.93. The van der Waals surface area contributed by atoms with Crippen LogP contribution in [0.4, 0.5) is 0 Å². The molecule has 3 rings (SSSR count). The Bertz CT molecular complexity index is 700. The number of hydrogen-bond donors (Lipinski definition) is 0. The normalized spacial score (nSPS) is 20.7. The molecule has 0 aromatic carbocycles. The molecule has 154 valence electrons. The predicted molar refractivity (Wildman–Crippen MR) is 114 cm³/mol. The van der Waals surface area contributed by atoms with E-state index in [0.29, 0.717) is 11.7 Å². The highest BCUT2D eigenvalue weighted by Crippen LogP contribution is 2.28. The van der Waals surface area contributed by atoms with Crippen LogP contribution in [0.2, 0.25) is 0 Å². The Morgan fingerprint density at radius 2 is 1.96 bits per heavy atom. The summed E-state index contributed by atoms with van der Waals surface area (Å²) in [4.78, 5) is 20.1. The summed E-state index contributed by atoms with van der Waals surface area (Å²) < 4.78 is 2.05. The standard InChI is InChI=1S/C22H35N5O/c1-5-11-25(12-6-2)18-9-10-20-19(17-18)21(23-27(20)7-3)22(28)26-14-8-13-24(4)15-16-26/h5-6,18H,1-2,7-17H2,3-4H3. The molecule has 1 saturated heterocycles. The monoisotopic (exact) mass is 385 g/mol. The van der Waals surface area contributed by atoms with E-state index in [1.807, 2.05) is 21.7 Å². The first kappa shape index (κ1) is 20.8. The lowest BCUT2D eigenvalue weighted by atomic mass is 9.90. The molecule has 6 heteroatoms. The Morgan fingerprint density at radius 1 is 1.21 bits per heavy atom. The summed E-state index contributed by atoms with van der Waals surface area (Å²) in [7, 11) is 2.13. The minimum Gasteiger partial charge on any atom is -0.336 e. The molecule has 1 aromatic rings. The fourth-order valence-electron chi connectivity index (χ4n) is 4.52. The molecule has 0 saturated carbocycles. The molecule has 1 aliphatic carbocycles. The summed E-state index contributed by atoms with van der Waals surface area (Å²) >= 11 is 0. The van der Waals surface area contributed by atoms with E-state index in [4.69, 9.17) is 5.10 Å². The molecule has 6 nitrogen and oxygen atoms in total. The van der Waals surface area contributed by atoms with Gasteiger partial charge in [-0.15, -0.1) is 13.2 Å². The molecule has 2 heterocycles. The van der Waals surface area contributed by atoms with Crippen LogP contribution < -0.4 is 0 Å². The SMILES string of the molecule is C=CCN(CC=C)C1CCc2c(c(C(=O)N3CCCN(C)CC3)nn2CC)C1. The van der Waals surface area contributed by atoms with E-state index in [2.05, 4.69) is 36.9 Å². The minimum atomic E-state index is 0.110. The second-order valence-corrected chi connectivity index (χ2v) is 7.97. The minimum absolute atomic E-state index is 0.110. The first-order chi connectivity index (χ1) is 13.6. The number of aromatic nitrogens is 2. The number of rotatable bonds is 7. The van der Waals surface area contributed by atoms with E-state index in [0.717, 1.165) is 71.5 Å². The van der Waals surface area contributed by atoms with Gasteiger partial charge in [0.15, 0.2) is 5.69 Å². The molecule has 28 heavy (non-hydrogen) atoms. The highest BCUT2D eigenvalue weighted by atomic mass is 16.2. The van der Waals surface area contributed by atoms with Gasteiger partial charge in [0, 0.05) is 56.6 Å². The van der Waals surface area contributed by atoms with Crippen molar-refractivity contribution in [2.75, 3.05) is 46.3 Å². The van der Waals surface area contributed by atoms with Crippen molar-refractivity contribution in [2.24, 2.45) is 0 Å². The first-order valence-electron chi connectivity index (χ1n) is 10.6. The van der Waals surface area contributed by atoms with Gasteiger partial charge in [-0.3, -0.25) is 14.4 Å². The van der Waals surface area contributed by atoms with Crippen molar-refractivity contribution in [1.29, 1.82) is 0 Å². The zero-order valence-corrected chi connectivity index (χ0v) is 17.6. The Morgan fingerprint density at radius 3 is 2.64 bits per heavy atom. The van der Waals surface area contributed by atoms with Gasteiger partial charge in [-0.1, -0.05) is 12.2 Å². The van der Waals surface area contributed by atoms with Gasteiger partial charge in [-0.05, 0) is 46.2 Å². The van der Waals surface area contributed by atoms with Crippen LogP contribution in [-0.4, -0.2) is 82.7 Å². The van der Waals surface area contributed by atoms with Crippen molar-refractivity contribution in [3.05, 3.63) is 42.3 Å². The third-order valence-electron chi connectivity index (χ3n) is 6.07. The number of amides is 1. The van der Waals surface area contributed by atoms with Crippen LogP contribution in [-0.2, 0) is 19.4 Å². The maximum atomic E-state index is 13.4. The molecular formula is C22H35N5O. The van der Waals surface area contributed by atoms with Gasteiger partial charge in [0.1, 0.15) is 0 Å². The average molecular weight is 386 g/mol. The first-order valence-corrected chi connectivity index (χ1v) is 10.6. The third kappa shape index (κ3) is 4.39. The number of carbonyl (C=O) groups excluding carboxylic acids is 1. The van der Waals surface area contributed by atoms with Crippen molar-refractivity contribution in [2.45, 2.75) is 45.2 Å². The highest BCUT2D eigenvalue weighted by molar-refractivity contribution is 5.94. The van der Waals surface area contributed by atoms with Crippen molar-refractivity contribution < 1.29 is 4.79 Å². The number of hydrogen-bond acceptors (Lipinski definition) is 4. The zero-order valence-electron chi connectivity index (χ0n) is 17.6. The smallest absolute Gasteiger partial charge is 0.274 e. The van der Waals surface area contributed by atoms with Gasteiger partial charge in [-0.2, -0.15) is 5.10 Å². The molecule has 1 fully saturated rings. The summed E-state index contributed by atoms with van der Waals surface area (Å²) in [5.41, 5.74) is 3.10. The third-order valence-corrected chi connectivity index (χ3v) is 6.07. The van der Waals surface area contributed by atoms with Gasteiger partial charge >= 0.3 is 0 Å². The molecule has 1 unspecified atom stereocenters. The van der Waals surface area contributed by atoms with Crippen molar-refractivity contribution >= 4 is 5.91 Å². The number of likely N-dealkylation sites (N-methyl/N-ethyl adjacent to an activating group) is 1. The Kier molecular flexibility index (Phi) is 7.08. The van der Waals surface area contributed by atoms with E-state index >= 15 is 0 Å². The van der Waals surface area contributed by atoms with Crippen molar-refractivity contribution in [3.8, 4) is 0 Å². The topological polar surface area (TPSA) is 44.6 Å². The molecular weight excluding hydrogens is 350 g/mol. The lowest BCUT2D eigenvalue weighted by Gasteiger charge is -2.33. The Hall–Kier alpha value is -1.92. The summed E-state index contributed by atoms with van der Waals surface area (Å²) in [5.74, 6) is 0.110. The lowest BCUT2D eigenvalue weighted by Crippen LogP contribution is -2.40. The molecule has 0 radical (unpaired) electrons. The van der Waals surface area contributed by atoms with Gasteiger partial charge in [0.05, 0.1) is 0 Å². The quantitative estimate of drug-likeness (QED) is 0.675. The summed E-state index contributed by atoms with van der Waals surface area (Å²) in [6.07, 6.45) is 7.87. The van der Waals surface area contributed by atoms with E-state index in [-0.39, 0.29) is 5.91 Å².